The number of hydrogen-bond donors (Lipinski definition) is 0. The Balaban J connectivity index is 1.88. The van der Waals surface area contributed by atoms with E-state index in [0.29, 0.717) is 0 Å². The van der Waals surface area contributed by atoms with Crippen LogP contribution in [-0.4, -0.2) is 33.1 Å². The van der Waals surface area contributed by atoms with Gasteiger partial charge in [0.2, 0.25) is 0 Å². The second-order valence-electron chi connectivity index (χ2n) is 8.42. The maximum atomic E-state index is 5.07. The van der Waals surface area contributed by atoms with Crippen molar-refractivity contribution in [3.05, 3.63) is 133 Å². The van der Waals surface area contributed by atoms with Gasteiger partial charge in [-0.05, 0) is 0 Å². The topological polar surface area (TPSA) is 30.7 Å². The van der Waals surface area contributed by atoms with E-state index in [1.807, 2.05) is 24.0 Å². The fourth-order valence-corrected chi connectivity index (χ4v) is 24.3. The van der Waals surface area contributed by atoms with Gasteiger partial charge in [0.25, 0.3) is 0 Å². The molecule has 3 nitrogen and oxygen atoms in total. The van der Waals surface area contributed by atoms with Crippen LogP contribution in [0.1, 0.15) is 14.8 Å². The second kappa shape index (κ2) is 10.2. The monoisotopic (exact) mass is 569 g/mol. The zero-order valence-electron chi connectivity index (χ0n) is 19.4. The Hall–Kier alpha value is -2.83. The summed E-state index contributed by atoms with van der Waals surface area (Å²) in [5.74, 6) is 0. The molecule has 0 aliphatic carbocycles. The fraction of sp³-hybridized carbons (Fsp3) is 0.103. The molecule has 1 atom stereocenters. The molecule has 0 saturated carbocycles. The third-order valence-electron chi connectivity index (χ3n) is 6.19. The van der Waals surface area contributed by atoms with Gasteiger partial charge < -0.3 is 0 Å². The number of pyridine rings is 1. The van der Waals surface area contributed by atoms with E-state index in [0.717, 1.165) is 10.7 Å². The third kappa shape index (κ3) is 4.32. The zero-order chi connectivity index (χ0) is 23.4. The molecule has 2 heterocycles. The molecule has 168 valence electrons. The van der Waals surface area contributed by atoms with E-state index in [1.54, 1.807) is 0 Å². The van der Waals surface area contributed by atoms with Crippen molar-refractivity contribution in [2.24, 2.45) is 0 Å². The first-order chi connectivity index (χ1) is 16.7. The Kier molecular flexibility index (Phi) is 6.88. The summed E-state index contributed by atoms with van der Waals surface area (Å²) in [6.45, 7) is 4.25. The van der Waals surface area contributed by atoms with Gasteiger partial charge in [0, 0.05) is 0 Å². The molecule has 2 aromatic heterocycles. The molecule has 0 spiro atoms. The minimum absolute atomic E-state index is 0.0881. The molecule has 0 aliphatic heterocycles. The Morgan fingerprint density at radius 3 is 1.59 bits per heavy atom. The average Bonchev–Trinajstić information content (AvgIpc) is 3.24. The molecule has 0 fully saturated rings. The van der Waals surface area contributed by atoms with Crippen molar-refractivity contribution < 1.29 is 0 Å². The number of aromatic nitrogens is 3. The molecule has 1 unspecified atom stereocenters. The van der Waals surface area contributed by atoms with Crippen LogP contribution < -0.4 is 10.7 Å². The summed E-state index contributed by atoms with van der Waals surface area (Å²) in [5.41, 5.74) is 2.22. The van der Waals surface area contributed by atoms with Gasteiger partial charge >= 0.3 is 211 Å². The molecule has 0 bridgehead atoms. The molecular formula is C29H27N3SSn. The molecule has 34 heavy (non-hydrogen) atoms. The van der Waals surface area contributed by atoms with E-state index in [9.17, 15) is 0 Å². The van der Waals surface area contributed by atoms with Crippen LogP contribution in [0.15, 0.2) is 126 Å². The van der Waals surface area contributed by atoms with Crippen molar-refractivity contribution in [1.29, 1.82) is 0 Å². The van der Waals surface area contributed by atoms with Gasteiger partial charge in [0.15, 0.2) is 0 Å². The van der Waals surface area contributed by atoms with Crippen molar-refractivity contribution in [3.63, 3.8) is 0 Å². The minimum atomic E-state index is -3.77. The van der Waals surface area contributed by atoms with Crippen LogP contribution in [-0.2, 0) is 0 Å². The van der Waals surface area contributed by atoms with Crippen molar-refractivity contribution in [3.8, 4) is 0 Å². The van der Waals surface area contributed by atoms with Crippen LogP contribution in [0.5, 0.6) is 0 Å². The first-order valence-electron chi connectivity index (χ1n) is 11.5. The van der Waals surface area contributed by atoms with E-state index in [-0.39, 0.29) is 3.39 Å². The Labute approximate surface area is 209 Å². The van der Waals surface area contributed by atoms with Crippen molar-refractivity contribution in [2.75, 3.05) is 0 Å². The van der Waals surface area contributed by atoms with Crippen LogP contribution in [0.25, 0.3) is 0 Å². The molecule has 0 aliphatic rings. The van der Waals surface area contributed by atoms with E-state index >= 15 is 0 Å². The predicted octanol–water partition coefficient (Wildman–Crippen LogP) is 4.90. The summed E-state index contributed by atoms with van der Waals surface area (Å²) in [5, 5.41) is 6.09. The summed E-state index contributed by atoms with van der Waals surface area (Å²) in [6.07, 6.45) is 1.88. The fourth-order valence-electron chi connectivity index (χ4n) is 4.77. The summed E-state index contributed by atoms with van der Waals surface area (Å²) >= 11 is -1.93. The number of nitrogens with zero attached hydrogens (tertiary/aromatic N) is 3. The standard InChI is InChI=1S/C11H12N3S.3C6H5.Sn/c1-9-7-10(2)14(13-9)8-15-11-5-3-4-6-12-11;3*1-2-4-6-5-3-1;/h3-8H,1-2H3;3*1-5H;. The predicted molar refractivity (Wildman–Crippen MR) is 145 cm³/mol. The molecule has 3 aromatic carbocycles. The van der Waals surface area contributed by atoms with Crippen LogP contribution in [0, 0.1) is 13.8 Å². The van der Waals surface area contributed by atoms with Crippen LogP contribution in [0.4, 0.5) is 0 Å². The number of aryl methyl sites for hydroxylation is 2. The van der Waals surface area contributed by atoms with E-state index in [1.165, 1.54) is 16.4 Å². The summed E-state index contributed by atoms with van der Waals surface area (Å²) in [6, 6.07) is 41.7. The van der Waals surface area contributed by atoms with E-state index in [2.05, 4.69) is 128 Å². The Bertz CT molecular complexity index is 1240. The van der Waals surface area contributed by atoms with Crippen molar-refractivity contribution in [2.45, 2.75) is 22.3 Å². The van der Waals surface area contributed by atoms with Crippen LogP contribution >= 0.6 is 11.8 Å². The van der Waals surface area contributed by atoms with Gasteiger partial charge in [-0.25, -0.2) is 0 Å². The van der Waals surface area contributed by atoms with Gasteiger partial charge in [-0.2, -0.15) is 0 Å². The zero-order valence-corrected chi connectivity index (χ0v) is 23.0. The van der Waals surface area contributed by atoms with E-state index < -0.39 is 18.4 Å². The normalized spacial score (nSPS) is 12.4. The molecule has 0 radical (unpaired) electrons. The maximum absolute atomic E-state index is 5.07. The van der Waals surface area contributed by atoms with Crippen molar-refractivity contribution in [1.82, 2.24) is 14.8 Å². The number of thioether (sulfide) groups is 1. The quantitative estimate of drug-likeness (QED) is 0.207. The summed E-state index contributed by atoms with van der Waals surface area (Å²) < 4.78 is 6.64. The third-order valence-corrected chi connectivity index (χ3v) is 23.9. The molecule has 5 heteroatoms. The van der Waals surface area contributed by atoms with Gasteiger partial charge in [-0.1, -0.05) is 0 Å². The molecule has 5 aromatic rings. The first kappa shape index (κ1) is 22.9. The number of benzene rings is 3. The Morgan fingerprint density at radius 1 is 0.676 bits per heavy atom. The number of rotatable bonds is 7. The second-order valence-corrected chi connectivity index (χ2v) is 21.8. The molecule has 0 amide bonds. The van der Waals surface area contributed by atoms with Gasteiger partial charge in [-0.15, -0.1) is 0 Å². The van der Waals surface area contributed by atoms with Gasteiger partial charge in [0.1, 0.15) is 0 Å². The van der Waals surface area contributed by atoms with Crippen molar-refractivity contribution >= 4 is 40.9 Å². The summed E-state index contributed by atoms with van der Waals surface area (Å²) in [4.78, 5) is 4.73. The molecule has 5 rings (SSSR count). The van der Waals surface area contributed by atoms with Gasteiger partial charge in [-0.3, -0.25) is 0 Å². The number of hydrogen-bond acceptors (Lipinski definition) is 3. The molecular weight excluding hydrogens is 541 g/mol. The van der Waals surface area contributed by atoms with Gasteiger partial charge in [0.05, 0.1) is 0 Å². The van der Waals surface area contributed by atoms with Crippen LogP contribution in [0.2, 0.25) is 0 Å². The Morgan fingerprint density at radius 2 is 1.18 bits per heavy atom. The average molecular weight is 568 g/mol. The van der Waals surface area contributed by atoms with Crippen LogP contribution in [0.3, 0.4) is 0 Å². The molecule has 0 N–H and O–H groups in total. The first-order valence-corrected chi connectivity index (χ1v) is 18.3. The molecule has 0 saturated heterocycles. The SMILES string of the molecule is Cc1cc(C)n([CH](Sc2ccccn2)[Sn]([c]2ccccc2)([c]2ccccc2)[c]2ccccc2)n1. The summed E-state index contributed by atoms with van der Waals surface area (Å²) in [7, 11) is 0. The van der Waals surface area contributed by atoms with E-state index in [4.69, 9.17) is 10.1 Å².